The van der Waals surface area contributed by atoms with E-state index >= 15 is 0 Å². The lowest BCUT2D eigenvalue weighted by Gasteiger charge is -2.25. The Balaban J connectivity index is 2.42. The van der Waals surface area contributed by atoms with Crippen LogP contribution in [-0.2, 0) is 0 Å². The highest BCUT2D eigenvalue weighted by Crippen LogP contribution is 2.14. The van der Waals surface area contributed by atoms with Crippen LogP contribution in [0.5, 0.6) is 5.75 Å². The number of carbonyl (C=O) groups excluding carboxylic acids is 1. The van der Waals surface area contributed by atoms with Crippen molar-refractivity contribution in [2.45, 2.75) is 59.0 Å². The Bertz CT molecular complexity index is 450. The van der Waals surface area contributed by atoms with E-state index in [2.05, 4.69) is 18.7 Å². The SMILES string of the molecule is CCCCN(CCCC)C[C@@H](O)COc1ccc(C(=O)CC)cc1. The molecule has 0 aromatic heterocycles. The number of aliphatic hydroxyl groups excluding tert-OH is 1. The molecule has 0 aliphatic carbocycles. The van der Waals surface area contributed by atoms with Crippen molar-refractivity contribution in [1.82, 2.24) is 4.90 Å². The predicted octanol–water partition coefficient (Wildman–Crippen LogP) is 3.92. The largest absolute Gasteiger partial charge is 0.491 e. The van der Waals surface area contributed by atoms with Crippen LogP contribution < -0.4 is 4.74 Å². The van der Waals surface area contributed by atoms with Crippen molar-refractivity contribution in [3.05, 3.63) is 29.8 Å². The van der Waals surface area contributed by atoms with E-state index in [-0.39, 0.29) is 12.4 Å². The van der Waals surface area contributed by atoms with Gasteiger partial charge in [-0.1, -0.05) is 33.6 Å². The maximum atomic E-state index is 11.6. The number of unbranched alkanes of at least 4 members (excludes halogenated alkanes) is 2. The van der Waals surface area contributed by atoms with Gasteiger partial charge in [-0.05, 0) is 50.2 Å². The molecule has 0 saturated carbocycles. The molecule has 4 heteroatoms. The van der Waals surface area contributed by atoms with Gasteiger partial charge < -0.3 is 14.7 Å². The van der Waals surface area contributed by atoms with Crippen molar-refractivity contribution >= 4 is 5.78 Å². The van der Waals surface area contributed by atoms with Gasteiger partial charge in [-0.15, -0.1) is 0 Å². The Morgan fingerprint density at radius 2 is 1.67 bits per heavy atom. The number of carbonyl (C=O) groups is 1. The van der Waals surface area contributed by atoms with Gasteiger partial charge in [0, 0.05) is 18.5 Å². The highest BCUT2D eigenvalue weighted by Gasteiger charge is 2.12. The number of aliphatic hydroxyl groups is 1. The molecule has 0 aliphatic heterocycles. The lowest BCUT2D eigenvalue weighted by atomic mass is 10.1. The summed E-state index contributed by atoms with van der Waals surface area (Å²) in [4.78, 5) is 13.9. The first-order chi connectivity index (χ1) is 11.6. The summed E-state index contributed by atoms with van der Waals surface area (Å²) >= 11 is 0. The fraction of sp³-hybridized carbons (Fsp3) is 0.650. The van der Waals surface area contributed by atoms with E-state index in [4.69, 9.17) is 4.74 Å². The Morgan fingerprint density at radius 1 is 1.08 bits per heavy atom. The molecular formula is C20H33NO3. The van der Waals surface area contributed by atoms with Crippen LogP contribution in [0.25, 0.3) is 0 Å². The van der Waals surface area contributed by atoms with Gasteiger partial charge in [-0.2, -0.15) is 0 Å². The van der Waals surface area contributed by atoms with Crippen LogP contribution in [0.3, 0.4) is 0 Å². The maximum Gasteiger partial charge on any atom is 0.162 e. The van der Waals surface area contributed by atoms with Gasteiger partial charge in [0.25, 0.3) is 0 Å². The summed E-state index contributed by atoms with van der Waals surface area (Å²) in [5.41, 5.74) is 0.704. The molecule has 1 N–H and O–H groups in total. The van der Waals surface area contributed by atoms with Crippen LogP contribution in [0, 0.1) is 0 Å². The van der Waals surface area contributed by atoms with Crippen LogP contribution >= 0.6 is 0 Å². The van der Waals surface area contributed by atoms with E-state index < -0.39 is 6.10 Å². The third kappa shape index (κ3) is 7.93. The summed E-state index contributed by atoms with van der Waals surface area (Å²) < 4.78 is 5.66. The summed E-state index contributed by atoms with van der Waals surface area (Å²) in [6, 6.07) is 7.15. The number of hydrogen-bond donors (Lipinski definition) is 1. The molecule has 24 heavy (non-hydrogen) atoms. The average molecular weight is 335 g/mol. The van der Waals surface area contributed by atoms with Crippen molar-refractivity contribution in [3.63, 3.8) is 0 Å². The third-order valence-corrected chi connectivity index (χ3v) is 4.06. The molecule has 1 aromatic carbocycles. The number of rotatable bonds is 13. The summed E-state index contributed by atoms with van der Waals surface area (Å²) in [6.45, 7) is 9.20. The van der Waals surface area contributed by atoms with E-state index in [0.717, 1.165) is 38.8 Å². The molecule has 0 heterocycles. The molecule has 0 amide bonds. The fourth-order valence-electron chi connectivity index (χ4n) is 2.54. The smallest absolute Gasteiger partial charge is 0.162 e. The molecule has 0 bridgehead atoms. The Kier molecular flexibility index (Phi) is 10.4. The summed E-state index contributed by atoms with van der Waals surface area (Å²) in [5, 5.41) is 10.2. The summed E-state index contributed by atoms with van der Waals surface area (Å²) in [6.07, 6.45) is 4.64. The Labute approximate surface area is 146 Å². The van der Waals surface area contributed by atoms with E-state index in [1.165, 1.54) is 0 Å². The van der Waals surface area contributed by atoms with Crippen LogP contribution in [0.1, 0.15) is 63.2 Å². The second-order valence-electron chi connectivity index (χ2n) is 6.27. The molecule has 4 nitrogen and oxygen atoms in total. The van der Waals surface area contributed by atoms with Crippen LogP contribution in [0.2, 0.25) is 0 Å². The van der Waals surface area contributed by atoms with Crippen LogP contribution in [-0.4, -0.2) is 48.1 Å². The molecule has 136 valence electrons. The lowest BCUT2D eigenvalue weighted by molar-refractivity contribution is 0.0671. The molecule has 1 rings (SSSR count). The number of ketones is 1. The standard InChI is InChI=1S/C20H33NO3/c1-4-7-13-21(14-8-5-2)15-18(22)16-24-19-11-9-17(10-12-19)20(23)6-3/h9-12,18,22H,4-8,13-16H2,1-3H3/t18-/m1/s1. The minimum atomic E-state index is -0.504. The van der Waals surface area contributed by atoms with Gasteiger partial charge in [0.2, 0.25) is 0 Å². The molecule has 0 saturated heterocycles. The molecule has 0 radical (unpaired) electrons. The number of nitrogens with zero attached hydrogens (tertiary/aromatic N) is 1. The van der Waals surface area contributed by atoms with Gasteiger partial charge in [-0.3, -0.25) is 4.79 Å². The Hall–Kier alpha value is -1.39. The number of hydrogen-bond acceptors (Lipinski definition) is 4. The van der Waals surface area contributed by atoms with E-state index in [9.17, 15) is 9.90 Å². The van der Waals surface area contributed by atoms with Crippen molar-refractivity contribution in [3.8, 4) is 5.75 Å². The highest BCUT2D eigenvalue weighted by atomic mass is 16.5. The molecule has 0 unspecified atom stereocenters. The first kappa shape index (κ1) is 20.7. The molecule has 1 atom stereocenters. The summed E-state index contributed by atoms with van der Waals surface area (Å²) in [7, 11) is 0. The molecule has 1 aromatic rings. The molecule has 0 fully saturated rings. The zero-order valence-electron chi connectivity index (χ0n) is 15.5. The highest BCUT2D eigenvalue weighted by molar-refractivity contribution is 5.95. The number of benzene rings is 1. The second-order valence-corrected chi connectivity index (χ2v) is 6.27. The Morgan fingerprint density at radius 3 is 2.17 bits per heavy atom. The summed E-state index contributed by atoms with van der Waals surface area (Å²) in [5.74, 6) is 0.819. The van der Waals surface area contributed by atoms with Crippen molar-refractivity contribution < 1.29 is 14.6 Å². The van der Waals surface area contributed by atoms with E-state index in [1.807, 2.05) is 6.92 Å². The molecule has 0 spiro atoms. The van der Waals surface area contributed by atoms with Gasteiger partial charge in [-0.25, -0.2) is 0 Å². The minimum absolute atomic E-state index is 0.129. The van der Waals surface area contributed by atoms with Gasteiger partial charge >= 0.3 is 0 Å². The van der Waals surface area contributed by atoms with Gasteiger partial charge in [0.1, 0.15) is 18.5 Å². The zero-order chi connectivity index (χ0) is 17.8. The predicted molar refractivity (Wildman–Crippen MR) is 98.8 cm³/mol. The van der Waals surface area contributed by atoms with Crippen molar-refractivity contribution in [2.24, 2.45) is 0 Å². The lowest BCUT2D eigenvalue weighted by Crippen LogP contribution is -2.36. The van der Waals surface area contributed by atoms with E-state index in [0.29, 0.717) is 24.3 Å². The zero-order valence-corrected chi connectivity index (χ0v) is 15.5. The number of ether oxygens (including phenoxy) is 1. The minimum Gasteiger partial charge on any atom is -0.491 e. The number of Topliss-reactive ketones (excluding diaryl/α,β-unsaturated/α-hetero) is 1. The van der Waals surface area contributed by atoms with Crippen molar-refractivity contribution in [1.29, 1.82) is 0 Å². The van der Waals surface area contributed by atoms with Crippen LogP contribution in [0.4, 0.5) is 0 Å². The van der Waals surface area contributed by atoms with Gasteiger partial charge in [0.15, 0.2) is 5.78 Å². The fourth-order valence-corrected chi connectivity index (χ4v) is 2.54. The topological polar surface area (TPSA) is 49.8 Å². The first-order valence-electron chi connectivity index (χ1n) is 9.27. The van der Waals surface area contributed by atoms with Crippen LogP contribution in [0.15, 0.2) is 24.3 Å². The third-order valence-electron chi connectivity index (χ3n) is 4.06. The van der Waals surface area contributed by atoms with Gasteiger partial charge in [0.05, 0.1) is 0 Å². The first-order valence-corrected chi connectivity index (χ1v) is 9.27. The average Bonchev–Trinajstić information content (AvgIpc) is 2.61. The van der Waals surface area contributed by atoms with Crippen molar-refractivity contribution in [2.75, 3.05) is 26.2 Å². The molecule has 0 aliphatic rings. The maximum absolute atomic E-state index is 11.6. The monoisotopic (exact) mass is 335 g/mol. The normalized spacial score (nSPS) is 12.4. The molecular weight excluding hydrogens is 302 g/mol. The second kappa shape index (κ2) is 12.0. The van der Waals surface area contributed by atoms with E-state index in [1.54, 1.807) is 24.3 Å². The quantitative estimate of drug-likeness (QED) is 0.555.